The van der Waals surface area contributed by atoms with Crippen LogP contribution in [0.15, 0.2) is 170 Å². The zero-order valence-corrected chi connectivity index (χ0v) is 52.0. The summed E-state index contributed by atoms with van der Waals surface area (Å²) in [5, 5.41) is 0. The number of hydrogen-bond acceptors (Lipinski definition) is 6. The minimum atomic E-state index is -0.840. The lowest BCUT2D eigenvalue weighted by Gasteiger charge is -2.18. The SMILES string of the molecule is CC/C=C\C/C=C\C/C=C\C/C=C\C/C=C\CCCCCCCCCCCCCCCCCC(=O)OCC(COC(=O)C/C=C\C/C=C\C/C=C\C/C=C\C/C=C\CC)OC(=O)CCCCCC/C=C\C/C=C\C/C=C\C/C=C\CC. The maximum absolute atomic E-state index is 12.9. The molecule has 0 radical (unpaired) electrons. The van der Waals surface area contributed by atoms with Crippen molar-refractivity contribution in [1.29, 1.82) is 0 Å². The molecule has 0 rings (SSSR count). The van der Waals surface area contributed by atoms with E-state index in [1.165, 1.54) is 83.5 Å². The highest BCUT2D eigenvalue weighted by atomic mass is 16.6. The number of unbranched alkanes of at least 4 members (excludes halogenated alkanes) is 19. The summed E-state index contributed by atoms with van der Waals surface area (Å²) in [6.07, 6.45) is 99.7. The van der Waals surface area contributed by atoms with Gasteiger partial charge in [0, 0.05) is 12.8 Å². The maximum atomic E-state index is 12.9. The van der Waals surface area contributed by atoms with Crippen LogP contribution in [0.3, 0.4) is 0 Å². The number of carbonyl (C=O) groups is 3. The number of allylic oxidation sites excluding steroid dienone is 27. The fourth-order valence-electron chi connectivity index (χ4n) is 8.48. The summed E-state index contributed by atoms with van der Waals surface area (Å²) in [6, 6.07) is 0. The molecule has 0 aromatic carbocycles. The minimum absolute atomic E-state index is 0.115. The van der Waals surface area contributed by atoms with Crippen LogP contribution in [-0.2, 0) is 28.6 Å². The van der Waals surface area contributed by atoms with Crippen LogP contribution in [0.2, 0.25) is 0 Å². The molecule has 0 aromatic rings. The molecule has 81 heavy (non-hydrogen) atoms. The normalized spacial score (nSPS) is 13.3. The highest BCUT2D eigenvalue weighted by Gasteiger charge is 2.19. The molecule has 1 atom stereocenters. The Morgan fingerprint density at radius 1 is 0.259 bits per heavy atom. The monoisotopic (exact) mass is 1110 g/mol. The van der Waals surface area contributed by atoms with Crippen LogP contribution in [0, 0.1) is 0 Å². The zero-order chi connectivity index (χ0) is 58.5. The van der Waals surface area contributed by atoms with Crippen LogP contribution in [0.1, 0.15) is 265 Å². The Hall–Kier alpha value is -5.23. The largest absolute Gasteiger partial charge is 0.462 e. The molecule has 6 heteroatoms. The van der Waals surface area contributed by atoms with Crippen molar-refractivity contribution in [3.8, 4) is 0 Å². The van der Waals surface area contributed by atoms with Crippen molar-refractivity contribution < 1.29 is 28.6 Å². The van der Waals surface area contributed by atoms with Gasteiger partial charge in [-0.25, -0.2) is 0 Å². The average molecular weight is 1120 g/mol. The molecule has 0 spiro atoms. The molecule has 0 bridgehead atoms. The summed E-state index contributed by atoms with van der Waals surface area (Å²) >= 11 is 0. The lowest BCUT2D eigenvalue weighted by Crippen LogP contribution is -2.30. The van der Waals surface area contributed by atoms with Crippen LogP contribution in [-0.4, -0.2) is 37.2 Å². The van der Waals surface area contributed by atoms with Gasteiger partial charge in [-0.1, -0.05) is 287 Å². The van der Waals surface area contributed by atoms with Crippen molar-refractivity contribution in [1.82, 2.24) is 0 Å². The average Bonchev–Trinajstić information content (AvgIpc) is 3.47. The number of esters is 3. The topological polar surface area (TPSA) is 78.9 Å². The molecule has 0 aliphatic carbocycles. The summed E-state index contributed by atoms with van der Waals surface area (Å²) in [6.45, 7) is 6.19. The van der Waals surface area contributed by atoms with Crippen molar-refractivity contribution in [2.24, 2.45) is 0 Å². The van der Waals surface area contributed by atoms with Gasteiger partial charge in [-0.3, -0.25) is 14.4 Å². The number of rotatable bonds is 57. The van der Waals surface area contributed by atoms with Gasteiger partial charge in [0.05, 0.1) is 6.42 Å². The Morgan fingerprint density at radius 2 is 0.494 bits per heavy atom. The van der Waals surface area contributed by atoms with Crippen molar-refractivity contribution in [2.75, 3.05) is 13.2 Å². The standard InChI is InChI=1S/C75H118O6/c1-4-7-10-13-16-19-22-25-28-30-31-32-33-34-35-36-37-38-39-40-41-42-43-45-47-50-53-56-59-62-65-68-74(77)80-71-72(70-79-73(76)67-64-61-58-55-52-49-46-27-24-21-18-15-12-9-6-3)81-75(78)69-66-63-60-57-54-51-48-44-29-26-23-20-17-14-11-8-5-2/h7-12,16-21,25-29,31-32,34-35,46,48,51-52,55,61,64,72H,4-6,13-15,22-24,30,33,36-45,47,49-50,53-54,56-60,62-63,65-71H2,1-3H3/b10-7-,11-8-,12-9-,19-16-,20-17-,21-18-,28-25-,29-26-,32-31-,35-34-,46-27-,51-48-,55-52-,64-61-. The van der Waals surface area contributed by atoms with Gasteiger partial charge in [-0.05, 0) is 128 Å². The van der Waals surface area contributed by atoms with E-state index in [9.17, 15) is 14.4 Å². The van der Waals surface area contributed by atoms with E-state index in [1.807, 2.05) is 6.08 Å². The first-order valence-corrected chi connectivity index (χ1v) is 32.6. The van der Waals surface area contributed by atoms with Crippen molar-refractivity contribution in [3.63, 3.8) is 0 Å². The third-order valence-electron chi connectivity index (χ3n) is 13.2. The van der Waals surface area contributed by atoms with E-state index in [1.54, 1.807) is 6.08 Å². The van der Waals surface area contributed by atoms with Gasteiger partial charge in [-0.15, -0.1) is 0 Å². The van der Waals surface area contributed by atoms with Crippen LogP contribution in [0.5, 0.6) is 0 Å². The lowest BCUT2D eigenvalue weighted by molar-refractivity contribution is -0.166. The number of ether oxygens (including phenoxy) is 3. The van der Waals surface area contributed by atoms with E-state index in [-0.39, 0.29) is 38.0 Å². The third-order valence-corrected chi connectivity index (χ3v) is 13.2. The van der Waals surface area contributed by atoms with E-state index < -0.39 is 12.1 Å². The molecule has 1 unspecified atom stereocenters. The van der Waals surface area contributed by atoms with Crippen molar-refractivity contribution in [3.05, 3.63) is 170 Å². The van der Waals surface area contributed by atoms with Gasteiger partial charge in [0.2, 0.25) is 0 Å². The molecule has 0 saturated carbocycles. The first kappa shape index (κ1) is 75.8. The highest BCUT2D eigenvalue weighted by molar-refractivity contribution is 5.72. The van der Waals surface area contributed by atoms with E-state index in [0.29, 0.717) is 6.42 Å². The summed E-state index contributed by atoms with van der Waals surface area (Å²) < 4.78 is 16.8. The van der Waals surface area contributed by atoms with E-state index >= 15 is 0 Å². The Balaban J connectivity index is 4.36. The lowest BCUT2D eigenvalue weighted by atomic mass is 10.0. The predicted octanol–water partition coefficient (Wildman–Crippen LogP) is 22.7. The molecular weight excluding hydrogens is 997 g/mol. The van der Waals surface area contributed by atoms with E-state index in [0.717, 1.165) is 141 Å². The maximum Gasteiger partial charge on any atom is 0.309 e. The Morgan fingerprint density at radius 3 is 0.802 bits per heavy atom. The molecule has 0 aliphatic heterocycles. The van der Waals surface area contributed by atoms with Crippen LogP contribution in [0.4, 0.5) is 0 Å². The molecule has 0 aliphatic rings. The fraction of sp³-hybridized carbons (Fsp3) is 0.587. The second-order valence-corrected chi connectivity index (χ2v) is 20.9. The Labute approximate surface area is 498 Å². The summed E-state index contributed by atoms with van der Waals surface area (Å²) in [7, 11) is 0. The number of hydrogen-bond donors (Lipinski definition) is 0. The molecule has 0 N–H and O–H groups in total. The van der Waals surface area contributed by atoms with E-state index in [2.05, 4.69) is 179 Å². The van der Waals surface area contributed by atoms with Crippen molar-refractivity contribution >= 4 is 17.9 Å². The number of carbonyl (C=O) groups excluding carboxylic acids is 3. The molecule has 454 valence electrons. The van der Waals surface area contributed by atoms with Gasteiger partial charge in [0.15, 0.2) is 6.10 Å². The molecule has 0 aromatic heterocycles. The van der Waals surface area contributed by atoms with Gasteiger partial charge >= 0.3 is 17.9 Å². The van der Waals surface area contributed by atoms with Crippen LogP contribution in [0.25, 0.3) is 0 Å². The van der Waals surface area contributed by atoms with E-state index in [4.69, 9.17) is 14.2 Å². The summed E-state index contributed by atoms with van der Waals surface area (Å²) in [5.74, 6) is -1.09. The molecule has 0 fully saturated rings. The minimum Gasteiger partial charge on any atom is -0.462 e. The second-order valence-electron chi connectivity index (χ2n) is 20.9. The predicted molar refractivity (Wildman–Crippen MR) is 352 cm³/mol. The van der Waals surface area contributed by atoms with Gasteiger partial charge in [-0.2, -0.15) is 0 Å². The zero-order valence-electron chi connectivity index (χ0n) is 52.0. The molecule has 6 nitrogen and oxygen atoms in total. The first-order chi connectivity index (χ1) is 40.0. The van der Waals surface area contributed by atoms with Gasteiger partial charge in [0.1, 0.15) is 13.2 Å². The molecule has 0 saturated heterocycles. The smallest absolute Gasteiger partial charge is 0.309 e. The summed E-state index contributed by atoms with van der Waals surface area (Å²) in [4.78, 5) is 38.3. The molecule has 0 heterocycles. The first-order valence-electron chi connectivity index (χ1n) is 32.6. The quantitative estimate of drug-likeness (QED) is 0.0261. The Kier molecular flexibility index (Phi) is 62.9. The highest BCUT2D eigenvalue weighted by Crippen LogP contribution is 2.15. The van der Waals surface area contributed by atoms with Crippen molar-refractivity contribution in [2.45, 2.75) is 271 Å². The summed E-state index contributed by atoms with van der Waals surface area (Å²) in [5.41, 5.74) is 0. The Bertz CT molecular complexity index is 1860. The van der Waals surface area contributed by atoms with Gasteiger partial charge in [0.25, 0.3) is 0 Å². The molecule has 0 amide bonds. The van der Waals surface area contributed by atoms with Crippen LogP contribution >= 0.6 is 0 Å². The fourth-order valence-corrected chi connectivity index (χ4v) is 8.48. The van der Waals surface area contributed by atoms with Gasteiger partial charge < -0.3 is 14.2 Å². The molecular formula is C75H118O6. The van der Waals surface area contributed by atoms with Crippen LogP contribution < -0.4 is 0 Å². The third kappa shape index (κ3) is 65.5. The second kappa shape index (κ2) is 67.3.